The third kappa shape index (κ3) is 5.09. The van der Waals surface area contributed by atoms with Crippen LogP contribution in [-0.4, -0.2) is 8.42 Å². The maximum absolute atomic E-state index is 12.7. The summed E-state index contributed by atoms with van der Waals surface area (Å²) in [5, 5.41) is 4.06. The van der Waals surface area contributed by atoms with Gasteiger partial charge in [-0.2, -0.15) is 0 Å². The van der Waals surface area contributed by atoms with Crippen molar-refractivity contribution in [2.45, 2.75) is 11.5 Å². The van der Waals surface area contributed by atoms with E-state index in [1.165, 1.54) is 0 Å². The van der Waals surface area contributed by atoms with Crippen molar-refractivity contribution in [1.29, 1.82) is 0 Å². The molecule has 0 amide bonds. The van der Waals surface area contributed by atoms with Crippen molar-refractivity contribution >= 4 is 64.4 Å². The standard InChI is InChI=1S/C22H16Br2O2S3/c23-21-19(9-11-27-21)17-5-1-15(2-6-17)13-29(25,26)14-16-3-7-18(8-4-16)20-10-12-28-22(20)24/h1-12H,13-14H2. The maximum atomic E-state index is 12.7. The van der Waals surface area contributed by atoms with E-state index >= 15 is 0 Å². The minimum absolute atomic E-state index is 0.0376. The highest BCUT2D eigenvalue weighted by atomic mass is 79.9. The Morgan fingerprint density at radius 1 is 0.621 bits per heavy atom. The van der Waals surface area contributed by atoms with E-state index in [2.05, 4.69) is 44.0 Å². The monoisotopic (exact) mass is 566 g/mol. The molecule has 0 saturated carbocycles. The van der Waals surface area contributed by atoms with Gasteiger partial charge < -0.3 is 0 Å². The Balaban J connectivity index is 1.45. The molecule has 0 aliphatic carbocycles. The van der Waals surface area contributed by atoms with Crippen molar-refractivity contribution in [3.05, 3.63) is 90.1 Å². The molecule has 0 atom stereocenters. The van der Waals surface area contributed by atoms with Gasteiger partial charge in [0.1, 0.15) is 0 Å². The molecule has 4 aromatic rings. The fourth-order valence-electron chi connectivity index (χ4n) is 3.12. The van der Waals surface area contributed by atoms with Crippen LogP contribution in [0, 0.1) is 0 Å². The van der Waals surface area contributed by atoms with Gasteiger partial charge >= 0.3 is 0 Å². The lowest BCUT2D eigenvalue weighted by Crippen LogP contribution is -2.07. The largest absolute Gasteiger partial charge is 0.228 e. The third-order valence-corrected chi connectivity index (χ3v) is 9.46. The van der Waals surface area contributed by atoms with Gasteiger partial charge in [-0.1, -0.05) is 48.5 Å². The Labute approximate surface area is 195 Å². The summed E-state index contributed by atoms with van der Waals surface area (Å²) in [5.74, 6) is 0.0752. The summed E-state index contributed by atoms with van der Waals surface area (Å²) in [6.45, 7) is 0. The molecule has 2 aromatic carbocycles. The van der Waals surface area contributed by atoms with Crippen LogP contribution in [0.2, 0.25) is 0 Å². The summed E-state index contributed by atoms with van der Waals surface area (Å²) in [4.78, 5) is 0. The van der Waals surface area contributed by atoms with Crippen LogP contribution in [0.4, 0.5) is 0 Å². The van der Waals surface area contributed by atoms with E-state index in [9.17, 15) is 8.42 Å². The Bertz CT molecular complexity index is 1130. The lowest BCUT2D eigenvalue weighted by atomic mass is 10.1. The Morgan fingerprint density at radius 2 is 1.00 bits per heavy atom. The van der Waals surface area contributed by atoms with E-state index in [1.807, 2.05) is 59.3 Å². The highest BCUT2D eigenvalue weighted by molar-refractivity contribution is 9.11. The van der Waals surface area contributed by atoms with Crippen LogP contribution in [-0.2, 0) is 21.3 Å². The van der Waals surface area contributed by atoms with E-state index in [4.69, 9.17) is 0 Å². The fraction of sp³-hybridized carbons (Fsp3) is 0.0909. The summed E-state index contributed by atoms with van der Waals surface area (Å²) in [5.41, 5.74) is 6.02. The van der Waals surface area contributed by atoms with Crippen molar-refractivity contribution < 1.29 is 8.42 Å². The van der Waals surface area contributed by atoms with Gasteiger partial charge in [-0.3, -0.25) is 0 Å². The second kappa shape index (κ2) is 8.86. The van der Waals surface area contributed by atoms with Crippen molar-refractivity contribution in [2.24, 2.45) is 0 Å². The third-order valence-electron chi connectivity index (χ3n) is 4.54. The number of thiophene rings is 2. The number of hydrogen-bond donors (Lipinski definition) is 0. The van der Waals surface area contributed by atoms with E-state index < -0.39 is 9.84 Å². The molecule has 0 N–H and O–H groups in total. The molecule has 7 heteroatoms. The average Bonchev–Trinajstić information content (AvgIpc) is 3.31. The summed E-state index contributed by atoms with van der Waals surface area (Å²) >= 11 is 10.4. The zero-order chi connectivity index (χ0) is 20.4. The van der Waals surface area contributed by atoms with Crippen LogP contribution in [0.3, 0.4) is 0 Å². The zero-order valence-electron chi connectivity index (χ0n) is 15.1. The molecule has 0 aliphatic rings. The average molecular weight is 568 g/mol. The van der Waals surface area contributed by atoms with Gasteiger partial charge in [-0.25, -0.2) is 8.42 Å². The van der Waals surface area contributed by atoms with Crippen LogP contribution in [0.15, 0.2) is 79.0 Å². The smallest absolute Gasteiger partial charge is 0.158 e. The molecular formula is C22H16Br2O2S3. The quantitative estimate of drug-likeness (QED) is 0.238. The first-order valence-corrected chi connectivity index (χ1v) is 13.9. The molecule has 2 heterocycles. The van der Waals surface area contributed by atoms with Gasteiger partial charge in [-0.05, 0) is 77.0 Å². The van der Waals surface area contributed by atoms with Gasteiger partial charge in [0.2, 0.25) is 0 Å². The molecule has 0 unspecified atom stereocenters. The normalized spacial score (nSPS) is 11.7. The second-order valence-electron chi connectivity index (χ2n) is 6.64. The summed E-state index contributed by atoms with van der Waals surface area (Å²) in [6, 6.07) is 19.6. The number of rotatable bonds is 6. The molecule has 0 aliphatic heterocycles. The van der Waals surface area contributed by atoms with E-state index in [0.29, 0.717) is 0 Å². The van der Waals surface area contributed by atoms with Crippen molar-refractivity contribution in [1.82, 2.24) is 0 Å². The lowest BCUT2D eigenvalue weighted by Gasteiger charge is -2.07. The minimum Gasteiger partial charge on any atom is -0.228 e. The molecular weight excluding hydrogens is 552 g/mol. The minimum atomic E-state index is -3.25. The molecule has 2 nitrogen and oxygen atoms in total. The number of sulfone groups is 1. The van der Waals surface area contributed by atoms with E-state index in [-0.39, 0.29) is 11.5 Å². The fourth-order valence-corrected chi connectivity index (χ4v) is 7.27. The van der Waals surface area contributed by atoms with Gasteiger partial charge in [0, 0.05) is 11.1 Å². The Kier molecular flexibility index (Phi) is 6.41. The Hall–Kier alpha value is -1.25. The maximum Gasteiger partial charge on any atom is 0.158 e. The number of benzene rings is 2. The topological polar surface area (TPSA) is 34.1 Å². The van der Waals surface area contributed by atoms with Gasteiger partial charge in [0.05, 0.1) is 19.1 Å². The number of halogens is 2. The summed E-state index contributed by atoms with van der Waals surface area (Å²) in [7, 11) is -3.25. The first kappa shape index (κ1) is 21.0. The molecule has 0 bridgehead atoms. The van der Waals surface area contributed by atoms with Gasteiger partial charge in [-0.15, -0.1) is 22.7 Å². The number of hydrogen-bond acceptors (Lipinski definition) is 4. The molecule has 0 spiro atoms. The summed E-state index contributed by atoms with van der Waals surface area (Å²) < 4.78 is 27.5. The second-order valence-corrected chi connectivity index (χ2v) is 13.2. The van der Waals surface area contributed by atoms with Crippen LogP contribution in [0.1, 0.15) is 11.1 Å². The van der Waals surface area contributed by atoms with E-state index in [1.54, 1.807) is 22.7 Å². The van der Waals surface area contributed by atoms with E-state index in [0.717, 1.165) is 41.0 Å². The van der Waals surface area contributed by atoms with Gasteiger partial charge in [0.15, 0.2) is 9.84 Å². The van der Waals surface area contributed by atoms with Crippen LogP contribution >= 0.6 is 54.5 Å². The Morgan fingerprint density at radius 3 is 1.31 bits per heavy atom. The summed E-state index contributed by atoms with van der Waals surface area (Å²) in [6.07, 6.45) is 0. The molecule has 29 heavy (non-hydrogen) atoms. The van der Waals surface area contributed by atoms with Crippen molar-refractivity contribution in [3.63, 3.8) is 0 Å². The van der Waals surface area contributed by atoms with Crippen molar-refractivity contribution in [2.75, 3.05) is 0 Å². The molecule has 2 aromatic heterocycles. The highest BCUT2D eigenvalue weighted by Gasteiger charge is 2.14. The molecule has 148 valence electrons. The molecule has 0 radical (unpaired) electrons. The van der Waals surface area contributed by atoms with Gasteiger partial charge in [0.25, 0.3) is 0 Å². The van der Waals surface area contributed by atoms with Crippen molar-refractivity contribution in [3.8, 4) is 22.3 Å². The lowest BCUT2D eigenvalue weighted by molar-refractivity contribution is 0.594. The van der Waals surface area contributed by atoms with Crippen LogP contribution < -0.4 is 0 Å². The highest BCUT2D eigenvalue weighted by Crippen LogP contribution is 2.34. The first-order chi connectivity index (χ1) is 13.9. The zero-order valence-corrected chi connectivity index (χ0v) is 20.8. The molecule has 0 saturated heterocycles. The van der Waals surface area contributed by atoms with Crippen LogP contribution in [0.5, 0.6) is 0 Å². The molecule has 4 rings (SSSR count). The predicted octanol–water partition coefficient (Wildman–Crippen LogP) is 7.78. The van der Waals surface area contributed by atoms with Crippen LogP contribution in [0.25, 0.3) is 22.3 Å². The first-order valence-electron chi connectivity index (χ1n) is 8.76. The SMILES string of the molecule is O=S(=O)(Cc1ccc(-c2ccsc2Br)cc1)Cc1ccc(-c2ccsc2Br)cc1. The molecule has 0 fully saturated rings. The predicted molar refractivity (Wildman–Crippen MR) is 131 cm³/mol.